The normalized spacial score (nSPS) is 12.6. The maximum Gasteiger partial charge on any atom is 0.192 e. The SMILES string of the molecule is Cc1nc2cc(CC(N)C#N)ccc2o1. The van der Waals surface area contributed by atoms with E-state index in [1.54, 1.807) is 6.92 Å². The standard InChI is InChI=1S/C11H11N3O/c1-7-14-10-5-8(4-9(13)6-12)2-3-11(10)15-7/h2-3,5,9H,4,13H2,1H3. The second kappa shape index (κ2) is 3.71. The van der Waals surface area contributed by atoms with Gasteiger partial charge in [0.05, 0.1) is 12.1 Å². The zero-order valence-electron chi connectivity index (χ0n) is 8.40. The fourth-order valence-corrected chi connectivity index (χ4v) is 1.51. The first kappa shape index (κ1) is 9.69. The molecule has 0 bridgehead atoms. The summed E-state index contributed by atoms with van der Waals surface area (Å²) in [5, 5.41) is 8.60. The van der Waals surface area contributed by atoms with E-state index in [0.717, 1.165) is 16.7 Å². The van der Waals surface area contributed by atoms with E-state index in [-0.39, 0.29) is 0 Å². The van der Waals surface area contributed by atoms with Crippen molar-refractivity contribution < 1.29 is 4.42 Å². The van der Waals surface area contributed by atoms with Gasteiger partial charge in [0, 0.05) is 13.3 Å². The van der Waals surface area contributed by atoms with Crippen LogP contribution in [0.25, 0.3) is 11.1 Å². The number of nitrogens with zero attached hydrogens (tertiary/aromatic N) is 2. The van der Waals surface area contributed by atoms with E-state index < -0.39 is 6.04 Å². The van der Waals surface area contributed by atoms with Gasteiger partial charge in [0.1, 0.15) is 5.52 Å². The first-order valence-corrected chi connectivity index (χ1v) is 4.70. The molecule has 1 aromatic heterocycles. The molecule has 4 heteroatoms. The van der Waals surface area contributed by atoms with Crippen molar-refractivity contribution in [3.8, 4) is 6.07 Å². The average Bonchev–Trinajstić information content (AvgIpc) is 2.57. The van der Waals surface area contributed by atoms with Gasteiger partial charge in [-0.1, -0.05) is 6.07 Å². The third kappa shape index (κ3) is 1.97. The summed E-state index contributed by atoms with van der Waals surface area (Å²) in [5.74, 6) is 0.645. The number of hydrogen-bond acceptors (Lipinski definition) is 4. The van der Waals surface area contributed by atoms with Crippen LogP contribution in [0.15, 0.2) is 22.6 Å². The first-order valence-electron chi connectivity index (χ1n) is 4.70. The number of hydrogen-bond donors (Lipinski definition) is 1. The minimum atomic E-state index is -0.463. The van der Waals surface area contributed by atoms with E-state index in [4.69, 9.17) is 15.4 Å². The summed E-state index contributed by atoms with van der Waals surface area (Å²) in [4.78, 5) is 4.22. The summed E-state index contributed by atoms with van der Waals surface area (Å²) >= 11 is 0. The minimum absolute atomic E-state index is 0.463. The number of aryl methyl sites for hydroxylation is 1. The zero-order valence-corrected chi connectivity index (χ0v) is 8.40. The van der Waals surface area contributed by atoms with Gasteiger partial charge in [-0.25, -0.2) is 4.98 Å². The van der Waals surface area contributed by atoms with Crippen molar-refractivity contribution >= 4 is 11.1 Å². The van der Waals surface area contributed by atoms with Gasteiger partial charge in [0.2, 0.25) is 0 Å². The maximum atomic E-state index is 8.60. The quantitative estimate of drug-likeness (QED) is 0.799. The number of nitriles is 1. The number of oxazole rings is 1. The number of fused-ring (bicyclic) bond motifs is 1. The third-order valence-corrected chi connectivity index (χ3v) is 2.18. The second-order valence-corrected chi connectivity index (χ2v) is 3.47. The fourth-order valence-electron chi connectivity index (χ4n) is 1.51. The van der Waals surface area contributed by atoms with Crippen LogP contribution in [0.3, 0.4) is 0 Å². The fraction of sp³-hybridized carbons (Fsp3) is 0.273. The highest BCUT2D eigenvalue weighted by molar-refractivity contribution is 5.73. The molecule has 0 fully saturated rings. The maximum absolute atomic E-state index is 8.60. The molecule has 2 aromatic rings. The molecule has 0 aliphatic heterocycles. The molecule has 2 rings (SSSR count). The van der Waals surface area contributed by atoms with E-state index in [2.05, 4.69) is 4.98 Å². The summed E-state index contributed by atoms with van der Waals surface area (Å²) < 4.78 is 5.35. The van der Waals surface area contributed by atoms with Gasteiger partial charge in [0.15, 0.2) is 11.5 Å². The first-order chi connectivity index (χ1) is 7.19. The Morgan fingerprint density at radius 2 is 2.40 bits per heavy atom. The van der Waals surface area contributed by atoms with Crippen molar-refractivity contribution in [2.75, 3.05) is 0 Å². The lowest BCUT2D eigenvalue weighted by atomic mass is 10.1. The molecule has 15 heavy (non-hydrogen) atoms. The van der Waals surface area contributed by atoms with Crippen molar-refractivity contribution in [3.63, 3.8) is 0 Å². The van der Waals surface area contributed by atoms with Crippen molar-refractivity contribution in [2.45, 2.75) is 19.4 Å². The van der Waals surface area contributed by atoms with E-state index >= 15 is 0 Å². The number of rotatable bonds is 2. The number of benzene rings is 1. The lowest BCUT2D eigenvalue weighted by Gasteiger charge is -2.01. The topological polar surface area (TPSA) is 75.8 Å². The van der Waals surface area contributed by atoms with E-state index in [9.17, 15) is 0 Å². The molecule has 0 amide bonds. The predicted octanol–water partition coefficient (Wildman–Crippen LogP) is 1.53. The molecular formula is C11H11N3O. The van der Waals surface area contributed by atoms with Gasteiger partial charge in [-0.05, 0) is 17.7 Å². The van der Waals surface area contributed by atoms with Gasteiger partial charge in [-0.15, -0.1) is 0 Å². The van der Waals surface area contributed by atoms with E-state index in [0.29, 0.717) is 12.3 Å². The average molecular weight is 201 g/mol. The highest BCUT2D eigenvalue weighted by Crippen LogP contribution is 2.17. The largest absolute Gasteiger partial charge is 0.441 e. The smallest absolute Gasteiger partial charge is 0.192 e. The minimum Gasteiger partial charge on any atom is -0.441 e. The van der Waals surface area contributed by atoms with Gasteiger partial charge in [-0.3, -0.25) is 0 Å². The molecule has 0 saturated heterocycles. The second-order valence-electron chi connectivity index (χ2n) is 3.47. The lowest BCUT2D eigenvalue weighted by Crippen LogP contribution is -2.19. The Hall–Kier alpha value is -1.86. The molecule has 76 valence electrons. The number of aromatic nitrogens is 1. The molecule has 4 nitrogen and oxygen atoms in total. The summed E-state index contributed by atoms with van der Waals surface area (Å²) in [7, 11) is 0. The summed E-state index contributed by atoms with van der Waals surface area (Å²) in [6, 6.07) is 7.21. The molecule has 1 unspecified atom stereocenters. The van der Waals surface area contributed by atoms with Crippen LogP contribution < -0.4 is 5.73 Å². The van der Waals surface area contributed by atoms with Crippen LogP contribution in [0.1, 0.15) is 11.5 Å². The Kier molecular flexibility index (Phi) is 2.40. The molecule has 1 aromatic carbocycles. The van der Waals surface area contributed by atoms with Gasteiger partial charge >= 0.3 is 0 Å². The molecule has 2 N–H and O–H groups in total. The Bertz CT molecular complexity index is 524. The monoisotopic (exact) mass is 201 g/mol. The molecule has 0 saturated carbocycles. The van der Waals surface area contributed by atoms with Crippen LogP contribution in [0.5, 0.6) is 0 Å². The van der Waals surface area contributed by atoms with Crippen molar-refractivity contribution in [2.24, 2.45) is 5.73 Å². The molecular weight excluding hydrogens is 190 g/mol. The van der Waals surface area contributed by atoms with Gasteiger partial charge in [0.25, 0.3) is 0 Å². The van der Waals surface area contributed by atoms with E-state index in [1.807, 2.05) is 24.3 Å². The van der Waals surface area contributed by atoms with Crippen LogP contribution >= 0.6 is 0 Å². The lowest BCUT2D eigenvalue weighted by molar-refractivity contribution is 0.561. The molecule has 0 aliphatic rings. The predicted molar refractivity (Wildman–Crippen MR) is 56.0 cm³/mol. The van der Waals surface area contributed by atoms with Crippen LogP contribution in [-0.2, 0) is 6.42 Å². The molecule has 0 spiro atoms. The van der Waals surface area contributed by atoms with Crippen LogP contribution in [0.2, 0.25) is 0 Å². The molecule has 0 aliphatic carbocycles. The highest BCUT2D eigenvalue weighted by Gasteiger charge is 2.06. The van der Waals surface area contributed by atoms with Crippen LogP contribution in [0, 0.1) is 18.3 Å². The zero-order chi connectivity index (χ0) is 10.8. The van der Waals surface area contributed by atoms with Crippen LogP contribution in [0.4, 0.5) is 0 Å². The Balaban J connectivity index is 2.35. The molecule has 1 heterocycles. The molecule has 0 radical (unpaired) electrons. The Morgan fingerprint density at radius 1 is 1.60 bits per heavy atom. The summed E-state index contributed by atoms with van der Waals surface area (Å²) in [6.45, 7) is 1.81. The summed E-state index contributed by atoms with van der Waals surface area (Å²) in [5.41, 5.74) is 8.13. The van der Waals surface area contributed by atoms with E-state index in [1.165, 1.54) is 0 Å². The highest BCUT2D eigenvalue weighted by atomic mass is 16.3. The Labute approximate surface area is 87.3 Å². The Morgan fingerprint density at radius 3 is 3.13 bits per heavy atom. The van der Waals surface area contributed by atoms with Crippen molar-refractivity contribution in [1.82, 2.24) is 4.98 Å². The van der Waals surface area contributed by atoms with Crippen molar-refractivity contribution in [1.29, 1.82) is 5.26 Å². The van der Waals surface area contributed by atoms with Gasteiger partial charge in [-0.2, -0.15) is 5.26 Å². The summed E-state index contributed by atoms with van der Waals surface area (Å²) in [6.07, 6.45) is 0.540. The number of nitrogens with two attached hydrogens (primary N) is 1. The van der Waals surface area contributed by atoms with Crippen molar-refractivity contribution in [3.05, 3.63) is 29.7 Å². The third-order valence-electron chi connectivity index (χ3n) is 2.18. The molecule has 1 atom stereocenters. The van der Waals surface area contributed by atoms with Gasteiger partial charge < -0.3 is 10.2 Å². The van der Waals surface area contributed by atoms with Crippen LogP contribution in [-0.4, -0.2) is 11.0 Å².